The molecule has 1 unspecified atom stereocenters. The highest BCUT2D eigenvalue weighted by Gasteiger charge is 2.25. The van der Waals surface area contributed by atoms with Crippen molar-refractivity contribution >= 4 is 5.91 Å². The third-order valence-electron chi connectivity index (χ3n) is 3.51. The molecule has 92 valence electrons. The summed E-state index contributed by atoms with van der Waals surface area (Å²) in [6.07, 6.45) is 0.595. The molecule has 1 N–H and O–H groups in total. The Hall–Kier alpha value is -1.35. The lowest BCUT2D eigenvalue weighted by Crippen LogP contribution is -2.33. The topological polar surface area (TPSA) is 32.3 Å². The number of benzene rings is 1. The van der Waals surface area contributed by atoms with Crippen LogP contribution in [0.15, 0.2) is 18.2 Å². The summed E-state index contributed by atoms with van der Waals surface area (Å²) in [4.78, 5) is 13.8. The fraction of sp³-hybridized carbons (Fsp3) is 0.500. The molecule has 1 fully saturated rings. The second-order valence-electron chi connectivity index (χ2n) is 4.83. The van der Waals surface area contributed by atoms with Gasteiger partial charge in [0.25, 0.3) is 0 Å². The van der Waals surface area contributed by atoms with Gasteiger partial charge in [0.2, 0.25) is 5.91 Å². The SMILES string of the molecule is Cc1ccc(C)c(C2CNCCC(=O)N2C)c1. The third kappa shape index (κ3) is 2.50. The van der Waals surface area contributed by atoms with Gasteiger partial charge in [0.05, 0.1) is 6.04 Å². The molecular formula is C14H20N2O. The Kier molecular flexibility index (Phi) is 3.48. The minimum absolute atomic E-state index is 0.157. The van der Waals surface area contributed by atoms with Crippen LogP contribution in [0.1, 0.15) is 29.2 Å². The molecule has 0 spiro atoms. The molecule has 1 heterocycles. The summed E-state index contributed by atoms with van der Waals surface area (Å²) in [5.74, 6) is 0.223. The number of carbonyl (C=O) groups excluding carboxylic acids is 1. The maximum absolute atomic E-state index is 11.9. The zero-order valence-electron chi connectivity index (χ0n) is 10.8. The van der Waals surface area contributed by atoms with E-state index in [1.54, 1.807) is 0 Å². The van der Waals surface area contributed by atoms with E-state index in [2.05, 4.69) is 37.4 Å². The second kappa shape index (κ2) is 4.88. The standard InChI is InChI=1S/C14H20N2O/c1-10-4-5-11(2)12(8-10)13-9-15-7-6-14(17)16(13)3/h4-5,8,13,15H,6-7,9H2,1-3H3. The Morgan fingerprint density at radius 2 is 2.12 bits per heavy atom. The normalized spacial score (nSPS) is 21.5. The molecule has 0 radical (unpaired) electrons. The zero-order chi connectivity index (χ0) is 12.4. The largest absolute Gasteiger partial charge is 0.337 e. The first kappa shape index (κ1) is 12.1. The average Bonchev–Trinajstić information content (AvgIpc) is 2.46. The first-order valence-corrected chi connectivity index (χ1v) is 6.13. The first-order valence-electron chi connectivity index (χ1n) is 6.13. The Morgan fingerprint density at radius 1 is 1.35 bits per heavy atom. The third-order valence-corrected chi connectivity index (χ3v) is 3.51. The van der Waals surface area contributed by atoms with E-state index in [1.807, 2.05) is 11.9 Å². The molecule has 0 saturated carbocycles. The molecule has 1 amide bonds. The minimum Gasteiger partial charge on any atom is -0.337 e. The Balaban J connectivity index is 2.36. The van der Waals surface area contributed by atoms with Crippen LogP contribution in [0.2, 0.25) is 0 Å². The summed E-state index contributed by atoms with van der Waals surface area (Å²) >= 11 is 0. The lowest BCUT2D eigenvalue weighted by atomic mass is 9.98. The monoisotopic (exact) mass is 232 g/mol. The summed E-state index contributed by atoms with van der Waals surface area (Å²) in [5, 5.41) is 3.34. The highest BCUT2D eigenvalue weighted by atomic mass is 16.2. The highest BCUT2D eigenvalue weighted by molar-refractivity contribution is 5.77. The molecule has 3 nitrogen and oxygen atoms in total. The molecule has 1 aromatic rings. The van der Waals surface area contributed by atoms with Gasteiger partial charge in [0, 0.05) is 26.6 Å². The van der Waals surface area contributed by atoms with Gasteiger partial charge in [0.1, 0.15) is 0 Å². The molecule has 2 rings (SSSR count). The quantitative estimate of drug-likeness (QED) is 0.800. The zero-order valence-corrected chi connectivity index (χ0v) is 10.8. The Morgan fingerprint density at radius 3 is 2.88 bits per heavy atom. The maximum Gasteiger partial charge on any atom is 0.224 e. The summed E-state index contributed by atoms with van der Waals surface area (Å²) in [7, 11) is 1.90. The molecule has 1 aliphatic rings. The molecule has 17 heavy (non-hydrogen) atoms. The van der Waals surface area contributed by atoms with E-state index in [1.165, 1.54) is 16.7 Å². The summed E-state index contributed by atoms with van der Waals surface area (Å²) in [6, 6.07) is 6.60. The molecule has 1 aliphatic heterocycles. The molecule has 1 saturated heterocycles. The van der Waals surface area contributed by atoms with Gasteiger partial charge in [-0.15, -0.1) is 0 Å². The minimum atomic E-state index is 0.157. The summed E-state index contributed by atoms with van der Waals surface area (Å²) < 4.78 is 0. The predicted octanol–water partition coefficient (Wildman–Crippen LogP) is 1.80. The molecule has 0 aromatic heterocycles. The first-order chi connectivity index (χ1) is 8.09. The maximum atomic E-state index is 11.9. The second-order valence-corrected chi connectivity index (χ2v) is 4.83. The van der Waals surface area contributed by atoms with Crippen LogP contribution in [-0.2, 0) is 4.79 Å². The van der Waals surface area contributed by atoms with Gasteiger partial charge in [-0.2, -0.15) is 0 Å². The van der Waals surface area contributed by atoms with Crippen molar-refractivity contribution < 1.29 is 4.79 Å². The van der Waals surface area contributed by atoms with Crippen LogP contribution < -0.4 is 5.32 Å². The van der Waals surface area contributed by atoms with Crippen molar-refractivity contribution in [2.75, 3.05) is 20.1 Å². The van der Waals surface area contributed by atoms with Gasteiger partial charge in [-0.05, 0) is 25.0 Å². The van der Waals surface area contributed by atoms with Crippen molar-refractivity contribution in [1.82, 2.24) is 10.2 Å². The lowest BCUT2D eigenvalue weighted by Gasteiger charge is -2.27. The van der Waals surface area contributed by atoms with Crippen LogP contribution in [0.5, 0.6) is 0 Å². The van der Waals surface area contributed by atoms with Gasteiger partial charge in [-0.3, -0.25) is 4.79 Å². The highest BCUT2D eigenvalue weighted by Crippen LogP contribution is 2.25. The van der Waals surface area contributed by atoms with Gasteiger partial charge in [-0.25, -0.2) is 0 Å². The number of amides is 1. The lowest BCUT2D eigenvalue weighted by molar-refractivity contribution is -0.131. The van der Waals surface area contributed by atoms with E-state index in [-0.39, 0.29) is 11.9 Å². The van der Waals surface area contributed by atoms with Crippen molar-refractivity contribution in [1.29, 1.82) is 0 Å². The van der Waals surface area contributed by atoms with Gasteiger partial charge in [-0.1, -0.05) is 23.8 Å². The van der Waals surface area contributed by atoms with E-state index in [0.29, 0.717) is 6.42 Å². The van der Waals surface area contributed by atoms with Gasteiger partial charge in [0.15, 0.2) is 0 Å². The van der Waals surface area contributed by atoms with Gasteiger partial charge >= 0.3 is 0 Å². The molecular weight excluding hydrogens is 212 g/mol. The average molecular weight is 232 g/mol. The number of nitrogens with zero attached hydrogens (tertiary/aromatic N) is 1. The van der Waals surface area contributed by atoms with Gasteiger partial charge < -0.3 is 10.2 Å². The van der Waals surface area contributed by atoms with Crippen LogP contribution in [0.3, 0.4) is 0 Å². The summed E-state index contributed by atoms with van der Waals surface area (Å²) in [6.45, 7) is 5.82. The van der Waals surface area contributed by atoms with E-state index >= 15 is 0 Å². The van der Waals surface area contributed by atoms with E-state index in [9.17, 15) is 4.79 Å². The number of carbonyl (C=O) groups is 1. The molecule has 0 bridgehead atoms. The van der Waals surface area contributed by atoms with Crippen LogP contribution in [-0.4, -0.2) is 30.9 Å². The number of hydrogen-bond donors (Lipinski definition) is 1. The van der Waals surface area contributed by atoms with E-state index < -0.39 is 0 Å². The van der Waals surface area contributed by atoms with Crippen molar-refractivity contribution in [2.45, 2.75) is 26.3 Å². The van der Waals surface area contributed by atoms with E-state index in [4.69, 9.17) is 0 Å². The molecule has 0 aliphatic carbocycles. The number of likely N-dealkylation sites (N-methyl/N-ethyl adjacent to an activating group) is 1. The van der Waals surface area contributed by atoms with Crippen molar-refractivity contribution in [3.8, 4) is 0 Å². The van der Waals surface area contributed by atoms with Crippen molar-refractivity contribution in [3.63, 3.8) is 0 Å². The Labute approximate surface area is 103 Å². The van der Waals surface area contributed by atoms with Crippen LogP contribution in [0, 0.1) is 13.8 Å². The summed E-state index contributed by atoms with van der Waals surface area (Å²) in [5.41, 5.74) is 3.76. The smallest absolute Gasteiger partial charge is 0.224 e. The fourth-order valence-electron chi connectivity index (χ4n) is 2.36. The van der Waals surface area contributed by atoms with E-state index in [0.717, 1.165) is 13.1 Å². The molecule has 1 atom stereocenters. The number of rotatable bonds is 1. The molecule has 3 heteroatoms. The fourth-order valence-corrected chi connectivity index (χ4v) is 2.36. The number of nitrogens with one attached hydrogen (secondary N) is 1. The van der Waals surface area contributed by atoms with Crippen molar-refractivity contribution in [3.05, 3.63) is 34.9 Å². The van der Waals surface area contributed by atoms with Crippen LogP contribution >= 0.6 is 0 Å². The van der Waals surface area contributed by atoms with Crippen LogP contribution in [0.4, 0.5) is 0 Å². The van der Waals surface area contributed by atoms with Crippen LogP contribution in [0.25, 0.3) is 0 Å². The van der Waals surface area contributed by atoms with Crippen molar-refractivity contribution in [2.24, 2.45) is 0 Å². The Bertz CT molecular complexity index is 428. The predicted molar refractivity (Wildman–Crippen MR) is 68.9 cm³/mol. The number of hydrogen-bond acceptors (Lipinski definition) is 2. The molecule has 1 aromatic carbocycles. The number of aryl methyl sites for hydroxylation is 2.